The molecule has 266 valence electrons. The summed E-state index contributed by atoms with van der Waals surface area (Å²) in [5.74, 6) is -4.18. The third-order valence-electron chi connectivity index (χ3n) is 9.94. The van der Waals surface area contributed by atoms with E-state index in [1.54, 1.807) is 41.5 Å². The van der Waals surface area contributed by atoms with Crippen molar-refractivity contribution in [1.29, 1.82) is 0 Å². The summed E-state index contributed by atoms with van der Waals surface area (Å²) in [4.78, 5) is 94.6. The van der Waals surface area contributed by atoms with Gasteiger partial charge >= 0.3 is 6.09 Å². The van der Waals surface area contributed by atoms with Crippen molar-refractivity contribution >= 4 is 41.4 Å². The molecule has 5 N–H and O–H groups in total. The smallest absolute Gasteiger partial charge is 0.407 e. The number of carbonyl (C=O) groups excluding carboxylic acids is 7. The SMILES string of the molecule is CCC1C2CC[C@H]3CN(C(=O)[C@@H](NC(=O)[C@@H](NC(=O)[C@@H](C)NC(=O)OC)C(C)(C)C)C(C)(C)C)C(=C23)C(=O)N[C@@H]1C(=O)C(=O)NC1CC1. The maximum absolute atomic E-state index is 14.5. The fraction of sp³-hybridized carbons (Fsp3) is 0.735. The molecule has 2 aliphatic heterocycles. The summed E-state index contributed by atoms with van der Waals surface area (Å²) in [7, 11) is 1.17. The van der Waals surface area contributed by atoms with Gasteiger partial charge in [-0.05, 0) is 60.8 Å². The Morgan fingerprint density at radius 3 is 2.04 bits per heavy atom. The van der Waals surface area contributed by atoms with Gasteiger partial charge in [0.2, 0.25) is 23.5 Å². The molecule has 0 aromatic carbocycles. The van der Waals surface area contributed by atoms with Crippen molar-refractivity contribution < 1.29 is 38.3 Å². The fourth-order valence-electron chi connectivity index (χ4n) is 7.15. The van der Waals surface area contributed by atoms with Crippen molar-refractivity contribution in [3.63, 3.8) is 0 Å². The van der Waals surface area contributed by atoms with Gasteiger partial charge < -0.3 is 36.2 Å². The predicted octanol–water partition coefficient (Wildman–Crippen LogP) is 1.29. The van der Waals surface area contributed by atoms with Crippen LogP contribution in [0.1, 0.15) is 87.5 Å². The summed E-state index contributed by atoms with van der Waals surface area (Å²) in [6.45, 7) is 14.4. The first-order valence-corrected chi connectivity index (χ1v) is 17.0. The van der Waals surface area contributed by atoms with E-state index in [0.717, 1.165) is 31.3 Å². The number of hydrogen-bond donors (Lipinski definition) is 5. The van der Waals surface area contributed by atoms with Crippen LogP contribution < -0.4 is 26.6 Å². The van der Waals surface area contributed by atoms with Gasteiger partial charge in [-0.1, -0.05) is 54.9 Å². The van der Waals surface area contributed by atoms with Crippen LogP contribution in [0.2, 0.25) is 0 Å². The molecule has 7 atom stereocenters. The zero-order valence-electron chi connectivity index (χ0n) is 29.6. The summed E-state index contributed by atoms with van der Waals surface area (Å²) in [6.07, 6.45) is 2.88. The summed E-state index contributed by atoms with van der Waals surface area (Å²) in [6, 6.07) is -4.21. The van der Waals surface area contributed by atoms with Crippen LogP contribution >= 0.6 is 0 Å². The number of nitrogens with one attached hydrogen (secondary N) is 5. The molecule has 4 aliphatic rings. The first kappa shape index (κ1) is 36.9. The highest BCUT2D eigenvalue weighted by molar-refractivity contribution is 6.38. The highest BCUT2D eigenvalue weighted by Gasteiger charge is 2.54. The lowest BCUT2D eigenvalue weighted by atomic mass is 9.79. The largest absolute Gasteiger partial charge is 0.453 e. The van der Waals surface area contributed by atoms with E-state index in [0.29, 0.717) is 6.42 Å². The fourth-order valence-corrected chi connectivity index (χ4v) is 7.15. The maximum atomic E-state index is 14.5. The van der Waals surface area contributed by atoms with Crippen molar-refractivity contribution in [3.8, 4) is 0 Å². The number of carbonyl (C=O) groups is 7. The van der Waals surface area contributed by atoms with E-state index in [4.69, 9.17) is 0 Å². The molecule has 14 nitrogen and oxygen atoms in total. The average molecular weight is 673 g/mol. The zero-order valence-corrected chi connectivity index (χ0v) is 29.6. The molecule has 6 amide bonds. The quantitative estimate of drug-likeness (QED) is 0.214. The number of ether oxygens (including phenoxy) is 1. The van der Waals surface area contributed by atoms with Gasteiger partial charge in [-0.3, -0.25) is 28.8 Å². The summed E-state index contributed by atoms with van der Waals surface area (Å²) in [5, 5.41) is 13.5. The Morgan fingerprint density at radius 1 is 0.896 bits per heavy atom. The van der Waals surface area contributed by atoms with Gasteiger partial charge in [-0.2, -0.15) is 0 Å². The van der Waals surface area contributed by atoms with Gasteiger partial charge in [-0.25, -0.2) is 4.79 Å². The highest BCUT2D eigenvalue weighted by atomic mass is 16.5. The topological polar surface area (TPSA) is 192 Å². The minimum absolute atomic E-state index is 0.00854. The second-order valence-corrected chi connectivity index (χ2v) is 15.7. The summed E-state index contributed by atoms with van der Waals surface area (Å²) < 4.78 is 4.57. The number of Topliss-reactive ketones (excluding diaryl/α,β-unsaturated/α-hetero) is 1. The van der Waals surface area contributed by atoms with E-state index in [9.17, 15) is 33.6 Å². The van der Waals surface area contributed by atoms with Crippen LogP contribution in [0.4, 0.5) is 4.79 Å². The molecular formula is C34H52N6O8. The lowest BCUT2D eigenvalue weighted by Gasteiger charge is -2.37. The van der Waals surface area contributed by atoms with Gasteiger partial charge in [0.15, 0.2) is 0 Å². The lowest BCUT2D eigenvalue weighted by molar-refractivity contribution is -0.142. The van der Waals surface area contributed by atoms with E-state index in [2.05, 4.69) is 31.3 Å². The molecule has 0 radical (unpaired) electrons. The van der Waals surface area contributed by atoms with Crippen LogP contribution in [0.3, 0.4) is 0 Å². The molecule has 2 aliphatic carbocycles. The Morgan fingerprint density at radius 2 is 1.50 bits per heavy atom. The first-order valence-electron chi connectivity index (χ1n) is 17.0. The van der Waals surface area contributed by atoms with Crippen molar-refractivity contribution in [2.45, 2.75) is 118 Å². The zero-order chi connectivity index (χ0) is 35.9. The van der Waals surface area contributed by atoms with Crippen molar-refractivity contribution in [1.82, 2.24) is 31.5 Å². The third-order valence-corrected chi connectivity index (χ3v) is 9.94. The Hall–Kier alpha value is -3.97. The third kappa shape index (κ3) is 7.67. The van der Waals surface area contributed by atoms with Crippen molar-refractivity contribution in [2.24, 2.45) is 28.6 Å². The second kappa shape index (κ2) is 13.9. The molecule has 2 fully saturated rings. The van der Waals surface area contributed by atoms with Gasteiger partial charge in [0, 0.05) is 18.5 Å². The Kier molecular flexibility index (Phi) is 10.7. The van der Waals surface area contributed by atoms with E-state index in [1.807, 2.05) is 6.92 Å². The van der Waals surface area contributed by atoms with E-state index < -0.39 is 76.4 Å². The standard InChI is InChI=1S/C34H52N6O8/c1-10-19-20-14-11-17-15-40(23(21(17)20)28(43)37-22(19)24(41)29(44)36-18-12-13-18)31(46)26(34(6,7)8)39-30(45)25(33(3,4)5)38-27(42)16(2)35-32(47)48-9/h16-20,22,25-26H,10-15H2,1-9H3,(H,35,47)(H,36,44)(H,37,43)(H,38,42)(H,39,45)/t16-,17+,19?,20?,22+,25-,26-/m1/s1. The molecule has 4 rings (SSSR count). The van der Waals surface area contributed by atoms with Gasteiger partial charge in [0.1, 0.15) is 29.9 Å². The van der Waals surface area contributed by atoms with Gasteiger partial charge in [0.05, 0.1) is 7.11 Å². The van der Waals surface area contributed by atoms with Crippen LogP contribution in [0, 0.1) is 28.6 Å². The molecule has 2 unspecified atom stereocenters. The number of nitrogens with zero attached hydrogens (tertiary/aromatic N) is 1. The first-order chi connectivity index (χ1) is 22.3. The second-order valence-electron chi connectivity index (χ2n) is 15.7. The molecule has 0 bridgehead atoms. The normalized spacial score (nSPS) is 25.5. The lowest BCUT2D eigenvalue weighted by Crippen LogP contribution is -2.62. The number of methoxy groups -OCH3 is 1. The Labute approximate surface area is 282 Å². The maximum Gasteiger partial charge on any atom is 0.407 e. The van der Waals surface area contributed by atoms with E-state index in [1.165, 1.54) is 18.9 Å². The van der Waals surface area contributed by atoms with Crippen LogP contribution in [0.15, 0.2) is 11.3 Å². The number of rotatable bonds is 10. The minimum Gasteiger partial charge on any atom is -0.453 e. The number of alkyl carbamates (subject to hydrolysis) is 1. The Bertz CT molecular complexity index is 1390. The molecule has 2 heterocycles. The molecule has 0 aromatic rings. The highest BCUT2D eigenvalue weighted by Crippen LogP contribution is 2.50. The molecule has 48 heavy (non-hydrogen) atoms. The molecule has 0 spiro atoms. The number of amides is 6. The molecule has 2 saturated carbocycles. The van der Waals surface area contributed by atoms with Crippen LogP contribution in [0.5, 0.6) is 0 Å². The number of hydrogen-bond acceptors (Lipinski definition) is 8. The van der Waals surface area contributed by atoms with Gasteiger partial charge in [-0.15, -0.1) is 0 Å². The van der Waals surface area contributed by atoms with E-state index in [-0.39, 0.29) is 36.0 Å². The summed E-state index contributed by atoms with van der Waals surface area (Å²) >= 11 is 0. The Balaban J connectivity index is 1.60. The number of ketones is 1. The average Bonchev–Trinajstić information content (AvgIpc) is 3.63. The van der Waals surface area contributed by atoms with Crippen LogP contribution in [-0.4, -0.2) is 90.2 Å². The minimum atomic E-state index is -1.09. The summed E-state index contributed by atoms with van der Waals surface area (Å²) in [5.41, 5.74) is -0.553. The molecule has 0 saturated heterocycles. The predicted molar refractivity (Wildman–Crippen MR) is 175 cm³/mol. The van der Waals surface area contributed by atoms with Crippen LogP contribution in [-0.2, 0) is 33.5 Å². The van der Waals surface area contributed by atoms with Crippen molar-refractivity contribution in [3.05, 3.63) is 11.3 Å². The monoisotopic (exact) mass is 672 g/mol. The molecule has 14 heteroatoms. The van der Waals surface area contributed by atoms with Gasteiger partial charge in [0.25, 0.3) is 11.8 Å². The molecule has 0 aromatic heterocycles. The van der Waals surface area contributed by atoms with Crippen molar-refractivity contribution in [2.75, 3.05) is 13.7 Å². The molecular weight excluding hydrogens is 620 g/mol. The van der Waals surface area contributed by atoms with Crippen LogP contribution in [0.25, 0.3) is 0 Å². The van der Waals surface area contributed by atoms with E-state index >= 15 is 0 Å².